The molecular formula is C16H23NO2. The van der Waals surface area contributed by atoms with Gasteiger partial charge < -0.3 is 10.4 Å². The lowest BCUT2D eigenvalue weighted by atomic mass is 9.87. The molecule has 1 amide bonds. The van der Waals surface area contributed by atoms with Crippen LogP contribution in [0.5, 0.6) is 0 Å². The smallest absolute Gasteiger partial charge is 0.251 e. The minimum Gasteiger partial charge on any atom is -0.393 e. The molecule has 1 aromatic carbocycles. The highest BCUT2D eigenvalue weighted by molar-refractivity contribution is 5.95. The first kappa shape index (κ1) is 14.1. The molecule has 19 heavy (non-hydrogen) atoms. The lowest BCUT2D eigenvalue weighted by molar-refractivity contribution is 0.0909. The van der Waals surface area contributed by atoms with Gasteiger partial charge in [-0.1, -0.05) is 17.7 Å². The van der Waals surface area contributed by atoms with Crippen LogP contribution in [0.3, 0.4) is 0 Å². The number of aryl methyl sites for hydroxylation is 2. The third-order valence-electron chi connectivity index (χ3n) is 4.01. The Morgan fingerprint density at radius 1 is 1.26 bits per heavy atom. The van der Waals surface area contributed by atoms with E-state index < -0.39 is 0 Å². The van der Waals surface area contributed by atoms with Crippen LogP contribution in [0.25, 0.3) is 0 Å². The normalized spacial score (nSPS) is 23.1. The van der Waals surface area contributed by atoms with Crippen molar-refractivity contribution in [2.75, 3.05) is 6.54 Å². The van der Waals surface area contributed by atoms with Crippen molar-refractivity contribution in [3.05, 3.63) is 34.9 Å². The molecule has 104 valence electrons. The van der Waals surface area contributed by atoms with Gasteiger partial charge in [-0.3, -0.25) is 4.79 Å². The van der Waals surface area contributed by atoms with Crippen LogP contribution in [-0.2, 0) is 0 Å². The topological polar surface area (TPSA) is 49.3 Å². The maximum absolute atomic E-state index is 12.2. The van der Waals surface area contributed by atoms with Crippen LogP contribution in [0.15, 0.2) is 18.2 Å². The van der Waals surface area contributed by atoms with Crippen LogP contribution in [-0.4, -0.2) is 23.7 Å². The van der Waals surface area contributed by atoms with Gasteiger partial charge in [-0.05, 0) is 57.1 Å². The maximum Gasteiger partial charge on any atom is 0.251 e. The summed E-state index contributed by atoms with van der Waals surface area (Å²) in [6.07, 6.45) is 3.61. The largest absolute Gasteiger partial charge is 0.393 e. The molecule has 1 aliphatic rings. The number of hydrogen-bond acceptors (Lipinski definition) is 2. The number of aliphatic hydroxyl groups excluding tert-OH is 1. The molecule has 0 bridgehead atoms. The van der Waals surface area contributed by atoms with E-state index in [1.165, 1.54) is 0 Å². The van der Waals surface area contributed by atoms with Gasteiger partial charge in [-0.2, -0.15) is 0 Å². The van der Waals surface area contributed by atoms with Gasteiger partial charge in [0.2, 0.25) is 0 Å². The van der Waals surface area contributed by atoms with Crippen LogP contribution in [0.2, 0.25) is 0 Å². The highest BCUT2D eigenvalue weighted by Gasteiger charge is 2.20. The summed E-state index contributed by atoms with van der Waals surface area (Å²) in [6, 6.07) is 5.95. The molecule has 0 spiro atoms. The third-order valence-corrected chi connectivity index (χ3v) is 4.01. The maximum atomic E-state index is 12.2. The Bertz CT molecular complexity index is 448. The summed E-state index contributed by atoms with van der Waals surface area (Å²) in [5.74, 6) is 0.532. The number of benzene rings is 1. The van der Waals surface area contributed by atoms with E-state index in [0.29, 0.717) is 5.92 Å². The van der Waals surface area contributed by atoms with Gasteiger partial charge in [-0.15, -0.1) is 0 Å². The molecule has 0 aromatic heterocycles. The summed E-state index contributed by atoms with van der Waals surface area (Å²) in [4.78, 5) is 12.2. The molecular weight excluding hydrogens is 238 g/mol. The van der Waals surface area contributed by atoms with E-state index >= 15 is 0 Å². The first-order chi connectivity index (χ1) is 9.06. The minimum absolute atomic E-state index is 0.0207. The van der Waals surface area contributed by atoms with E-state index in [0.717, 1.165) is 48.9 Å². The molecule has 2 rings (SSSR count). The standard InChI is InChI=1S/C16H23NO2/c1-11-3-4-12(2)15(9-11)16(19)17-10-13-5-7-14(18)8-6-13/h3-4,9,13-14,18H,5-8,10H2,1-2H3,(H,17,19). The van der Waals surface area contributed by atoms with Crippen molar-refractivity contribution in [2.45, 2.75) is 45.6 Å². The van der Waals surface area contributed by atoms with Gasteiger partial charge in [0.25, 0.3) is 5.91 Å². The second kappa shape index (κ2) is 6.20. The van der Waals surface area contributed by atoms with Gasteiger partial charge in [-0.25, -0.2) is 0 Å². The predicted molar refractivity (Wildman–Crippen MR) is 76.2 cm³/mol. The van der Waals surface area contributed by atoms with Gasteiger partial charge in [0.1, 0.15) is 0 Å². The van der Waals surface area contributed by atoms with Gasteiger partial charge in [0.15, 0.2) is 0 Å². The Labute approximate surface area is 115 Å². The molecule has 1 aliphatic carbocycles. The van der Waals surface area contributed by atoms with Crippen molar-refractivity contribution in [2.24, 2.45) is 5.92 Å². The van der Waals surface area contributed by atoms with Crippen molar-refractivity contribution < 1.29 is 9.90 Å². The van der Waals surface area contributed by atoms with Crippen molar-refractivity contribution in [1.82, 2.24) is 5.32 Å². The predicted octanol–water partition coefficient (Wildman–Crippen LogP) is 2.58. The van der Waals surface area contributed by atoms with Gasteiger partial charge in [0, 0.05) is 12.1 Å². The zero-order valence-corrected chi connectivity index (χ0v) is 11.8. The first-order valence-corrected chi connectivity index (χ1v) is 7.10. The average molecular weight is 261 g/mol. The summed E-state index contributed by atoms with van der Waals surface area (Å²) in [5.41, 5.74) is 2.90. The Hall–Kier alpha value is -1.35. The first-order valence-electron chi connectivity index (χ1n) is 7.10. The summed E-state index contributed by atoms with van der Waals surface area (Å²) < 4.78 is 0. The molecule has 3 heteroatoms. The van der Waals surface area contributed by atoms with E-state index in [-0.39, 0.29) is 12.0 Å². The van der Waals surface area contributed by atoms with Crippen molar-refractivity contribution in [1.29, 1.82) is 0 Å². The summed E-state index contributed by atoms with van der Waals surface area (Å²) >= 11 is 0. The second-order valence-corrected chi connectivity index (χ2v) is 5.70. The molecule has 1 aromatic rings. The SMILES string of the molecule is Cc1ccc(C)c(C(=O)NCC2CCC(O)CC2)c1. The second-order valence-electron chi connectivity index (χ2n) is 5.70. The van der Waals surface area contributed by atoms with Crippen molar-refractivity contribution >= 4 is 5.91 Å². The summed E-state index contributed by atoms with van der Waals surface area (Å²) in [6.45, 7) is 4.68. The van der Waals surface area contributed by atoms with Crippen molar-refractivity contribution in [3.63, 3.8) is 0 Å². The van der Waals surface area contributed by atoms with Crippen LogP contribution < -0.4 is 5.32 Å². The van der Waals surface area contributed by atoms with Crippen molar-refractivity contribution in [3.8, 4) is 0 Å². The highest BCUT2D eigenvalue weighted by atomic mass is 16.3. The van der Waals surface area contributed by atoms with Crippen LogP contribution in [0.1, 0.15) is 47.2 Å². The molecule has 0 atom stereocenters. The van der Waals surface area contributed by atoms with Crippen LogP contribution >= 0.6 is 0 Å². The highest BCUT2D eigenvalue weighted by Crippen LogP contribution is 2.23. The Kier molecular flexibility index (Phi) is 4.59. The van der Waals surface area contributed by atoms with Crippen LogP contribution in [0, 0.1) is 19.8 Å². The number of carbonyl (C=O) groups is 1. The molecule has 0 aliphatic heterocycles. The summed E-state index contributed by atoms with van der Waals surface area (Å²) in [5, 5.41) is 12.5. The molecule has 1 saturated carbocycles. The molecule has 1 fully saturated rings. The fraction of sp³-hybridized carbons (Fsp3) is 0.562. The molecule has 0 heterocycles. The Morgan fingerprint density at radius 3 is 2.63 bits per heavy atom. The van der Waals surface area contributed by atoms with Gasteiger partial charge in [0.05, 0.1) is 6.10 Å². The lowest BCUT2D eigenvalue weighted by Gasteiger charge is -2.25. The number of carbonyl (C=O) groups excluding carboxylic acids is 1. The number of rotatable bonds is 3. The van der Waals surface area contributed by atoms with E-state index in [9.17, 15) is 9.90 Å². The van der Waals surface area contributed by atoms with Gasteiger partial charge >= 0.3 is 0 Å². The monoisotopic (exact) mass is 261 g/mol. The fourth-order valence-electron chi connectivity index (χ4n) is 2.66. The quantitative estimate of drug-likeness (QED) is 0.878. The number of hydrogen-bond donors (Lipinski definition) is 2. The third kappa shape index (κ3) is 3.80. The Balaban J connectivity index is 1.89. The number of nitrogens with one attached hydrogen (secondary N) is 1. The summed E-state index contributed by atoms with van der Waals surface area (Å²) in [7, 11) is 0. The molecule has 2 N–H and O–H groups in total. The number of aliphatic hydroxyl groups is 1. The zero-order valence-electron chi connectivity index (χ0n) is 11.8. The molecule has 0 unspecified atom stereocenters. The van der Waals surface area contributed by atoms with E-state index in [2.05, 4.69) is 5.32 Å². The minimum atomic E-state index is -0.133. The molecule has 0 radical (unpaired) electrons. The molecule has 0 saturated heterocycles. The average Bonchev–Trinajstić information content (AvgIpc) is 2.40. The lowest BCUT2D eigenvalue weighted by Crippen LogP contribution is -2.32. The molecule has 3 nitrogen and oxygen atoms in total. The van der Waals surface area contributed by atoms with E-state index in [1.807, 2.05) is 32.0 Å². The fourth-order valence-corrected chi connectivity index (χ4v) is 2.66. The zero-order chi connectivity index (χ0) is 13.8. The Morgan fingerprint density at radius 2 is 1.95 bits per heavy atom. The van der Waals surface area contributed by atoms with Crippen LogP contribution in [0.4, 0.5) is 0 Å². The number of amides is 1. The van der Waals surface area contributed by atoms with E-state index in [4.69, 9.17) is 0 Å². The van der Waals surface area contributed by atoms with E-state index in [1.54, 1.807) is 0 Å².